The van der Waals surface area contributed by atoms with Crippen LogP contribution < -0.4 is 11.1 Å². The lowest BCUT2D eigenvalue weighted by Crippen LogP contribution is -2.39. The molecule has 0 aliphatic carbocycles. The number of imidazole rings is 1. The quantitative estimate of drug-likeness (QED) is 0.300. The summed E-state index contributed by atoms with van der Waals surface area (Å²) in [5.74, 6) is 1.72. The lowest BCUT2D eigenvalue weighted by molar-refractivity contribution is -0.123. The molecule has 0 unspecified atom stereocenters. The first-order chi connectivity index (χ1) is 15.6. The van der Waals surface area contributed by atoms with E-state index in [-0.39, 0.29) is 11.8 Å². The molecule has 0 radical (unpaired) electrons. The summed E-state index contributed by atoms with van der Waals surface area (Å²) in [5.41, 5.74) is 7.57. The Morgan fingerprint density at radius 2 is 2.03 bits per heavy atom. The molecule has 1 aliphatic rings. The Kier molecular flexibility index (Phi) is 9.10. The van der Waals surface area contributed by atoms with Gasteiger partial charge in [-0.25, -0.2) is 4.98 Å². The van der Waals surface area contributed by atoms with Crippen molar-refractivity contribution in [1.82, 2.24) is 25.1 Å². The molecule has 1 aromatic carbocycles. The number of hydrogen-bond acceptors (Lipinski definition) is 4. The summed E-state index contributed by atoms with van der Waals surface area (Å²) in [4.78, 5) is 28.6. The maximum Gasteiger partial charge on any atom is 0.220 e. The topological polar surface area (TPSA) is 103 Å². The summed E-state index contributed by atoms with van der Waals surface area (Å²) in [6.07, 6.45) is 5.81. The van der Waals surface area contributed by atoms with Crippen LogP contribution in [0.2, 0.25) is 0 Å². The molecule has 0 bridgehead atoms. The Bertz CT molecular complexity index is 856. The molecule has 0 saturated carbocycles. The van der Waals surface area contributed by atoms with Crippen LogP contribution in [0.5, 0.6) is 0 Å². The second-order valence-electron chi connectivity index (χ2n) is 8.43. The third-order valence-corrected chi connectivity index (χ3v) is 5.93. The molecule has 1 amide bonds. The normalized spacial score (nSPS) is 15.6. The van der Waals surface area contributed by atoms with Crippen LogP contribution in [-0.2, 0) is 11.3 Å². The maximum absolute atomic E-state index is 11.3. The van der Waals surface area contributed by atoms with Gasteiger partial charge in [-0.05, 0) is 57.8 Å². The van der Waals surface area contributed by atoms with Crippen LogP contribution in [0.25, 0.3) is 11.3 Å². The molecule has 8 nitrogen and oxygen atoms in total. The van der Waals surface area contributed by atoms with Gasteiger partial charge >= 0.3 is 0 Å². The molecule has 174 valence electrons. The Balaban J connectivity index is 1.43. The summed E-state index contributed by atoms with van der Waals surface area (Å²) in [6.45, 7) is 7.35. The van der Waals surface area contributed by atoms with E-state index in [9.17, 15) is 4.79 Å². The molecule has 1 fully saturated rings. The first kappa shape index (κ1) is 23.8. The number of aromatic nitrogens is 2. The van der Waals surface area contributed by atoms with Gasteiger partial charge in [0, 0.05) is 26.1 Å². The van der Waals surface area contributed by atoms with Gasteiger partial charge in [-0.1, -0.05) is 30.3 Å². The van der Waals surface area contributed by atoms with Gasteiger partial charge in [0.25, 0.3) is 0 Å². The standard InChI is InChI=1S/C24H37N7O/c1-3-26-24(27-13-7-8-14-31-15-11-20(12-16-31)23(25)32)30(2)18-22-28-17-21(29-22)19-9-5-4-6-10-19/h4-6,9-10,17,20H,3,7-8,11-16,18H2,1-2H3,(H2,25,32)(H,26,27)(H,28,29). The van der Waals surface area contributed by atoms with Crippen LogP contribution in [0.1, 0.15) is 38.4 Å². The number of nitrogens with zero attached hydrogens (tertiary/aromatic N) is 4. The van der Waals surface area contributed by atoms with Gasteiger partial charge in [0.15, 0.2) is 5.96 Å². The molecule has 0 spiro atoms. The smallest absolute Gasteiger partial charge is 0.220 e. The summed E-state index contributed by atoms with van der Waals surface area (Å²) in [6, 6.07) is 10.2. The number of aliphatic imine (C=N–C) groups is 1. The highest BCUT2D eigenvalue weighted by Crippen LogP contribution is 2.17. The Hall–Kier alpha value is -2.87. The maximum atomic E-state index is 11.3. The molecule has 8 heteroatoms. The summed E-state index contributed by atoms with van der Waals surface area (Å²) in [7, 11) is 2.04. The number of aromatic amines is 1. The third-order valence-electron chi connectivity index (χ3n) is 5.93. The molecule has 2 aromatic rings. The number of amides is 1. The van der Waals surface area contributed by atoms with Crippen molar-refractivity contribution in [2.24, 2.45) is 16.6 Å². The number of nitrogens with two attached hydrogens (primary N) is 1. The minimum absolute atomic E-state index is 0.0620. The zero-order chi connectivity index (χ0) is 22.8. The highest BCUT2D eigenvalue weighted by atomic mass is 16.1. The SMILES string of the molecule is CCNC(=NCCCCN1CCC(C(N)=O)CC1)N(C)Cc1ncc(-c2ccccc2)[nH]1. The first-order valence-corrected chi connectivity index (χ1v) is 11.7. The molecular formula is C24H37N7O. The van der Waals surface area contributed by atoms with E-state index in [2.05, 4.69) is 44.1 Å². The van der Waals surface area contributed by atoms with Gasteiger partial charge in [-0.15, -0.1) is 0 Å². The number of H-pyrrole nitrogens is 1. The molecule has 0 atom stereocenters. The Labute approximate surface area is 191 Å². The van der Waals surface area contributed by atoms with Crippen molar-refractivity contribution in [1.29, 1.82) is 0 Å². The van der Waals surface area contributed by atoms with E-state index in [1.54, 1.807) is 0 Å². The van der Waals surface area contributed by atoms with E-state index >= 15 is 0 Å². The summed E-state index contributed by atoms with van der Waals surface area (Å²) < 4.78 is 0. The van der Waals surface area contributed by atoms with Gasteiger partial charge in [0.2, 0.25) is 5.91 Å². The number of unbranched alkanes of at least 4 members (excludes halogenated alkanes) is 1. The molecule has 1 aromatic heterocycles. The van der Waals surface area contributed by atoms with Crippen molar-refractivity contribution in [2.75, 3.05) is 39.8 Å². The largest absolute Gasteiger partial charge is 0.369 e. The highest BCUT2D eigenvalue weighted by molar-refractivity contribution is 5.79. The highest BCUT2D eigenvalue weighted by Gasteiger charge is 2.22. The lowest BCUT2D eigenvalue weighted by Gasteiger charge is -2.30. The van der Waals surface area contributed by atoms with Crippen LogP contribution >= 0.6 is 0 Å². The number of nitrogens with one attached hydrogen (secondary N) is 2. The van der Waals surface area contributed by atoms with Crippen molar-refractivity contribution < 1.29 is 4.79 Å². The average molecular weight is 440 g/mol. The van der Waals surface area contributed by atoms with Gasteiger partial charge < -0.3 is 25.8 Å². The number of benzene rings is 1. The summed E-state index contributed by atoms with van der Waals surface area (Å²) >= 11 is 0. The van der Waals surface area contributed by atoms with E-state index in [4.69, 9.17) is 10.7 Å². The number of rotatable bonds is 10. The average Bonchev–Trinajstić information content (AvgIpc) is 3.27. The van der Waals surface area contributed by atoms with Gasteiger partial charge in [0.1, 0.15) is 5.82 Å². The fraction of sp³-hybridized carbons (Fsp3) is 0.542. The van der Waals surface area contributed by atoms with Gasteiger partial charge in [-0.2, -0.15) is 0 Å². The van der Waals surface area contributed by atoms with Crippen LogP contribution in [0.15, 0.2) is 41.5 Å². The molecule has 1 aliphatic heterocycles. The van der Waals surface area contributed by atoms with Gasteiger partial charge in [0.05, 0.1) is 18.4 Å². The predicted molar refractivity (Wildman–Crippen MR) is 129 cm³/mol. The second-order valence-corrected chi connectivity index (χ2v) is 8.43. The zero-order valence-corrected chi connectivity index (χ0v) is 19.4. The number of piperidine rings is 1. The fourth-order valence-corrected chi connectivity index (χ4v) is 4.05. The predicted octanol–water partition coefficient (Wildman–Crippen LogP) is 2.45. The van der Waals surface area contributed by atoms with Crippen LogP contribution in [-0.4, -0.2) is 71.4 Å². The van der Waals surface area contributed by atoms with Crippen LogP contribution in [0.3, 0.4) is 0 Å². The van der Waals surface area contributed by atoms with Crippen molar-refractivity contribution in [3.63, 3.8) is 0 Å². The number of hydrogen-bond donors (Lipinski definition) is 3. The second kappa shape index (κ2) is 12.2. The van der Waals surface area contributed by atoms with E-state index in [0.29, 0.717) is 6.54 Å². The Morgan fingerprint density at radius 3 is 2.72 bits per heavy atom. The number of likely N-dealkylation sites (tertiary alicyclic amines) is 1. The van der Waals surface area contributed by atoms with Crippen molar-refractivity contribution in [3.05, 3.63) is 42.4 Å². The van der Waals surface area contributed by atoms with E-state index < -0.39 is 0 Å². The number of carbonyl (C=O) groups is 1. The number of guanidine groups is 1. The van der Waals surface area contributed by atoms with Crippen molar-refractivity contribution >= 4 is 11.9 Å². The Morgan fingerprint density at radius 1 is 1.28 bits per heavy atom. The molecule has 4 N–H and O–H groups in total. The third kappa shape index (κ3) is 7.09. The molecule has 32 heavy (non-hydrogen) atoms. The van der Waals surface area contributed by atoms with E-state index in [1.165, 1.54) is 0 Å². The van der Waals surface area contributed by atoms with Gasteiger partial charge in [-0.3, -0.25) is 9.79 Å². The minimum atomic E-state index is -0.148. The van der Waals surface area contributed by atoms with E-state index in [0.717, 1.165) is 81.4 Å². The monoisotopic (exact) mass is 439 g/mol. The number of primary amides is 1. The fourth-order valence-electron chi connectivity index (χ4n) is 4.05. The van der Waals surface area contributed by atoms with Crippen molar-refractivity contribution in [2.45, 2.75) is 39.2 Å². The van der Waals surface area contributed by atoms with E-state index in [1.807, 2.05) is 31.4 Å². The van der Waals surface area contributed by atoms with Crippen LogP contribution in [0, 0.1) is 5.92 Å². The molecule has 2 heterocycles. The zero-order valence-electron chi connectivity index (χ0n) is 19.4. The molecule has 1 saturated heterocycles. The number of carbonyl (C=O) groups excluding carboxylic acids is 1. The van der Waals surface area contributed by atoms with Crippen LogP contribution in [0.4, 0.5) is 0 Å². The molecular weight excluding hydrogens is 402 g/mol. The lowest BCUT2D eigenvalue weighted by atomic mass is 9.96. The summed E-state index contributed by atoms with van der Waals surface area (Å²) in [5, 5.41) is 3.38. The first-order valence-electron chi connectivity index (χ1n) is 11.7. The minimum Gasteiger partial charge on any atom is -0.369 e. The molecule has 3 rings (SSSR count). The van der Waals surface area contributed by atoms with Crippen molar-refractivity contribution in [3.8, 4) is 11.3 Å².